The van der Waals surface area contributed by atoms with Gasteiger partial charge in [-0.3, -0.25) is 4.79 Å². The zero-order valence-corrected chi connectivity index (χ0v) is 14.6. The predicted octanol–water partition coefficient (Wildman–Crippen LogP) is 3.69. The number of aliphatic hydroxyl groups is 1. The van der Waals surface area contributed by atoms with Crippen molar-refractivity contribution in [2.45, 2.75) is 31.8 Å². The van der Waals surface area contributed by atoms with Gasteiger partial charge in [-0.25, -0.2) is 0 Å². The molecule has 0 heterocycles. The smallest absolute Gasteiger partial charge is 0.136 e. The summed E-state index contributed by atoms with van der Waals surface area (Å²) < 4.78 is 5.16. The number of ether oxygens (including phenoxy) is 1. The van der Waals surface area contributed by atoms with Gasteiger partial charge >= 0.3 is 0 Å². The summed E-state index contributed by atoms with van der Waals surface area (Å²) in [5.74, 6) is 7.29. The average molecular weight is 334 g/mol. The average Bonchev–Trinajstić information content (AvgIpc) is 2.65. The number of hydrogen-bond acceptors (Lipinski definition) is 3. The molecule has 1 fully saturated rings. The van der Waals surface area contributed by atoms with E-state index in [1.807, 2.05) is 61.5 Å². The summed E-state index contributed by atoms with van der Waals surface area (Å²) in [5.41, 5.74) is -0.366. The summed E-state index contributed by atoms with van der Waals surface area (Å²) >= 11 is 0. The van der Waals surface area contributed by atoms with Gasteiger partial charge in [-0.1, -0.05) is 42.2 Å². The Bertz CT molecular complexity index is 814. The molecule has 0 saturated heterocycles. The van der Waals surface area contributed by atoms with E-state index >= 15 is 0 Å². The molecule has 3 nitrogen and oxygen atoms in total. The zero-order chi connectivity index (χ0) is 17.9. The molecule has 0 aromatic heterocycles. The Hall–Kier alpha value is -2.57. The van der Waals surface area contributed by atoms with Gasteiger partial charge in [0, 0.05) is 18.4 Å². The monoisotopic (exact) mass is 334 g/mol. The second-order valence-electron chi connectivity index (χ2n) is 6.75. The van der Waals surface area contributed by atoms with Crippen molar-refractivity contribution in [2.75, 3.05) is 7.11 Å². The summed E-state index contributed by atoms with van der Waals surface area (Å²) in [4.78, 5) is 12.1. The van der Waals surface area contributed by atoms with Crippen LogP contribution in [0.4, 0.5) is 0 Å². The van der Waals surface area contributed by atoms with Crippen molar-refractivity contribution in [1.82, 2.24) is 0 Å². The van der Waals surface area contributed by atoms with Crippen LogP contribution in [0.3, 0.4) is 0 Å². The maximum Gasteiger partial charge on any atom is 0.136 e. The minimum absolute atomic E-state index is 0.0788. The quantitative estimate of drug-likeness (QED) is 0.852. The van der Waals surface area contributed by atoms with Crippen molar-refractivity contribution in [3.63, 3.8) is 0 Å². The van der Waals surface area contributed by atoms with Gasteiger partial charge < -0.3 is 9.84 Å². The number of methoxy groups -OCH3 is 1. The van der Waals surface area contributed by atoms with Crippen LogP contribution in [0.5, 0.6) is 5.75 Å². The molecule has 0 radical (unpaired) electrons. The first kappa shape index (κ1) is 17.3. The first-order chi connectivity index (χ1) is 12.0. The number of Topliss-reactive ketones (excluding diaryl/α,β-unsaturated/α-hetero) is 1. The van der Waals surface area contributed by atoms with Crippen molar-refractivity contribution in [3.05, 3.63) is 65.7 Å². The Morgan fingerprint density at radius 3 is 2.40 bits per heavy atom. The second-order valence-corrected chi connectivity index (χ2v) is 6.75. The molecule has 1 aliphatic carbocycles. The van der Waals surface area contributed by atoms with Crippen molar-refractivity contribution >= 4 is 5.78 Å². The number of carbonyl (C=O) groups is 1. The topological polar surface area (TPSA) is 46.5 Å². The van der Waals surface area contributed by atoms with E-state index in [9.17, 15) is 9.90 Å². The minimum Gasteiger partial charge on any atom is -0.497 e. The molecule has 0 spiro atoms. The number of rotatable bonds is 2. The highest BCUT2D eigenvalue weighted by atomic mass is 16.5. The highest BCUT2D eigenvalue weighted by Gasteiger charge is 2.51. The molecule has 3 heteroatoms. The van der Waals surface area contributed by atoms with Crippen molar-refractivity contribution < 1.29 is 14.6 Å². The highest BCUT2D eigenvalue weighted by Crippen LogP contribution is 2.49. The molecule has 0 unspecified atom stereocenters. The van der Waals surface area contributed by atoms with Crippen molar-refractivity contribution in [1.29, 1.82) is 0 Å². The van der Waals surface area contributed by atoms with Gasteiger partial charge in [-0.05, 0) is 43.2 Å². The Labute approximate surface area is 148 Å². The molecule has 0 amide bonds. The van der Waals surface area contributed by atoms with Crippen LogP contribution < -0.4 is 4.74 Å². The maximum absolute atomic E-state index is 12.1. The van der Waals surface area contributed by atoms with Gasteiger partial charge in [-0.2, -0.15) is 0 Å². The van der Waals surface area contributed by atoms with Crippen LogP contribution in [-0.4, -0.2) is 18.0 Å². The lowest BCUT2D eigenvalue weighted by Gasteiger charge is -2.45. The lowest BCUT2D eigenvalue weighted by Crippen LogP contribution is -2.48. The summed E-state index contributed by atoms with van der Waals surface area (Å²) in [5, 5.41) is 11.4. The molecule has 2 aromatic carbocycles. The third kappa shape index (κ3) is 3.31. The third-order valence-corrected chi connectivity index (χ3v) is 5.09. The summed E-state index contributed by atoms with van der Waals surface area (Å²) in [7, 11) is 1.63. The van der Waals surface area contributed by atoms with E-state index in [-0.39, 0.29) is 12.2 Å². The Balaban J connectivity index is 1.99. The van der Waals surface area contributed by atoms with Crippen LogP contribution in [0.1, 0.15) is 37.3 Å². The molecule has 1 N–H and O–H groups in total. The van der Waals surface area contributed by atoms with Gasteiger partial charge in [0.05, 0.1) is 12.5 Å². The normalized spacial score (nSPS) is 25.8. The van der Waals surface area contributed by atoms with E-state index < -0.39 is 11.0 Å². The molecular weight excluding hydrogens is 312 g/mol. The van der Waals surface area contributed by atoms with Gasteiger partial charge in [0.2, 0.25) is 0 Å². The molecule has 3 rings (SSSR count). The van der Waals surface area contributed by atoms with Gasteiger partial charge in [-0.15, -0.1) is 0 Å². The van der Waals surface area contributed by atoms with Gasteiger partial charge in [0.15, 0.2) is 0 Å². The summed E-state index contributed by atoms with van der Waals surface area (Å²) in [6, 6.07) is 16.9. The fourth-order valence-electron chi connectivity index (χ4n) is 3.35. The largest absolute Gasteiger partial charge is 0.497 e. The van der Waals surface area contributed by atoms with E-state index in [0.717, 1.165) is 16.9 Å². The molecule has 128 valence electrons. The Kier molecular flexibility index (Phi) is 4.65. The van der Waals surface area contributed by atoms with Crippen LogP contribution in [0.2, 0.25) is 0 Å². The number of ketones is 1. The molecule has 2 aromatic rings. The van der Waals surface area contributed by atoms with Crippen molar-refractivity contribution in [3.8, 4) is 17.6 Å². The molecular formula is C22H22O3. The zero-order valence-electron chi connectivity index (χ0n) is 14.6. The van der Waals surface area contributed by atoms with Crippen LogP contribution in [0.15, 0.2) is 54.6 Å². The highest BCUT2D eigenvalue weighted by molar-refractivity contribution is 5.81. The molecule has 1 aliphatic rings. The van der Waals surface area contributed by atoms with Crippen LogP contribution in [-0.2, 0) is 10.4 Å². The first-order valence-electron chi connectivity index (χ1n) is 8.44. The Morgan fingerprint density at radius 2 is 1.76 bits per heavy atom. The standard InChI is InChI=1S/C22H22O3/c1-21(14-12-17-8-10-20(25-2)11-9-17)15-13-19(23)16-22(21,24)18-6-4-3-5-7-18/h3-11,24H,13,15-16H2,1-2H3/t21-,22+/m0/s1. The third-order valence-electron chi connectivity index (χ3n) is 5.09. The fourth-order valence-corrected chi connectivity index (χ4v) is 3.35. The van der Waals surface area contributed by atoms with E-state index in [1.54, 1.807) is 7.11 Å². The number of carbonyl (C=O) groups excluding carboxylic acids is 1. The van der Waals surface area contributed by atoms with E-state index in [1.165, 1.54) is 0 Å². The Morgan fingerprint density at radius 1 is 1.08 bits per heavy atom. The SMILES string of the molecule is COc1ccc(C#C[C@@]2(C)CCC(=O)C[C@@]2(O)c2ccccc2)cc1. The van der Waals surface area contributed by atoms with E-state index in [2.05, 4.69) is 11.8 Å². The van der Waals surface area contributed by atoms with Gasteiger partial charge in [0.25, 0.3) is 0 Å². The number of hydrogen-bond donors (Lipinski definition) is 1. The van der Waals surface area contributed by atoms with Crippen LogP contribution >= 0.6 is 0 Å². The first-order valence-corrected chi connectivity index (χ1v) is 8.44. The van der Waals surface area contributed by atoms with Crippen LogP contribution in [0.25, 0.3) is 0 Å². The van der Waals surface area contributed by atoms with Gasteiger partial charge in [0.1, 0.15) is 17.1 Å². The second kappa shape index (κ2) is 6.74. The molecule has 0 bridgehead atoms. The maximum atomic E-state index is 12.1. The van der Waals surface area contributed by atoms with E-state index in [4.69, 9.17) is 4.74 Å². The molecule has 0 aliphatic heterocycles. The minimum atomic E-state index is -1.27. The molecule has 1 saturated carbocycles. The van der Waals surface area contributed by atoms with Crippen LogP contribution in [0, 0.1) is 17.3 Å². The summed E-state index contributed by atoms with van der Waals surface area (Å²) in [6.45, 7) is 1.95. The van der Waals surface area contributed by atoms with E-state index in [0.29, 0.717) is 12.8 Å². The fraction of sp³-hybridized carbons (Fsp3) is 0.318. The summed E-state index contributed by atoms with van der Waals surface area (Å²) in [6.07, 6.45) is 1.09. The predicted molar refractivity (Wildman–Crippen MR) is 97.2 cm³/mol. The van der Waals surface area contributed by atoms with Crippen molar-refractivity contribution in [2.24, 2.45) is 5.41 Å². The lowest BCUT2D eigenvalue weighted by molar-refractivity contribution is -0.139. The number of benzene rings is 2. The lowest BCUT2D eigenvalue weighted by atomic mass is 9.61. The molecule has 2 atom stereocenters. The molecule has 25 heavy (non-hydrogen) atoms.